The predicted octanol–water partition coefficient (Wildman–Crippen LogP) is 2.94. The first kappa shape index (κ1) is 21.4. The minimum atomic E-state index is -0.383. The molecule has 0 bridgehead atoms. The summed E-state index contributed by atoms with van der Waals surface area (Å²) in [5.41, 5.74) is 4.67. The average Bonchev–Trinajstić information content (AvgIpc) is 3.07. The summed E-state index contributed by atoms with van der Waals surface area (Å²) in [5, 5.41) is 7.02. The highest BCUT2D eigenvalue weighted by Crippen LogP contribution is 2.25. The number of aromatic nitrogens is 4. The molecule has 0 unspecified atom stereocenters. The minimum Gasteiger partial charge on any atom is -0.461 e. The number of rotatable bonds is 6. The molecular formula is C22H27N5O3. The van der Waals surface area contributed by atoms with Gasteiger partial charge in [-0.2, -0.15) is 15.1 Å². The first-order chi connectivity index (χ1) is 14.2. The number of hydrogen-bond donors (Lipinski definition) is 1. The fourth-order valence-corrected chi connectivity index (χ4v) is 3.41. The normalized spacial score (nSPS) is 14.2. The number of carbonyl (C=O) groups is 2. The van der Waals surface area contributed by atoms with Crippen molar-refractivity contribution in [2.45, 2.75) is 47.1 Å². The number of amides is 1. The molecule has 0 aromatic carbocycles. The summed E-state index contributed by atoms with van der Waals surface area (Å²) < 4.78 is 7.36. The van der Waals surface area contributed by atoms with E-state index in [1.807, 2.05) is 39.8 Å². The standard InChI is InChI=1S/C22H27N5O3/c1-12(2)30-22-25-19(17-7-8-24-27(17)6)15(5)20(26-22)21(29)23-11-16-14(4)9-13(3)10-18(16)28/h7-9,12H,10-11H2,1-6H3,(H,23,29). The monoisotopic (exact) mass is 409 g/mol. The average molecular weight is 409 g/mol. The predicted molar refractivity (Wildman–Crippen MR) is 113 cm³/mol. The Morgan fingerprint density at radius 1 is 1.27 bits per heavy atom. The van der Waals surface area contributed by atoms with Crippen LogP contribution < -0.4 is 10.1 Å². The maximum atomic E-state index is 13.0. The maximum absolute atomic E-state index is 13.0. The highest BCUT2D eigenvalue weighted by molar-refractivity contribution is 6.01. The maximum Gasteiger partial charge on any atom is 0.318 e. The lowest BCUT2D eigenvalue weighted by atomic mass is 9.92. The fraction of sp³-hybridized carbons (Fsp3) is 0.409. The lowest BCUT2D eigenvalue weighted by Gasteiger charge is -2.17. The van der Waals surface area contributed by atoms with E-state index in [1.54, 1.807) is 24.9 Å². The SMILES string of the molecule is CC1=CC(C)=C(CNC(=O)c2nc(OC(C)C)nc(-c3ccnn3C)c2C)C(=O)C1. The Kier molecular flexibility index (Phi) is 6.14. The van der Waals surface area contributed by atoms with Crippen molar-refractivity contribution >= 4 is 11.7 Å². The highest BCUT2D eigenvalue weighted by Gasteiger charge is 2.23. The molecule has 0 aliphatic heterocycles. The topological polar surface area (TPSA) is 99.0 Å². The first-order valence-electron chi connectivity index (χ1n) is 9.89. The highest BCUT2D eigenvalue weighted by atomic mass is 16.5. The van der Waals surface area contributed by atoms with Crippen LogP contribution in [0.3, 0.4) is 0 Å². The van der Waals surface area contributed by atoms with Crippen molar-refractivity contribution in [2.24, 2.45) is 7.05 Å². The molecule has 0 spiro atoms. The molecule has 2 aromatic rings. The van der Waals surface area contributed by atoms with Gasteiger partial charge in [-0.15, -0.1) is 0 Å². The van der Waals surface area contributed by atoms with Crippen molar-refractivity contribution < 1.29 is 14.3 Å². The molecule has 0 fully saturated rings. The summed E-state index contributed by atoms with van der Waals surface area (Å²) in [6, 6.07) is 1.94. The lowest BCUT2D eigenvalue weighted by molar-refractivity contribution is -0.115. The van der Waals surface area contributed by atoms with Gasteiger partial charge in [-0.05, 0) is 46.3 Å². The number of Topliss-reactive ketones (excluding diaryl/α,β-unsaturated/α-hetero) is 1. The second-order valence-electron chi connectivity index (χ2n) is 7.77. The second-order valence-corrected chi connectivity index (χ2v) is 7.77. The quantitative estimate of drug-likeness (QED) is 0.788. The molecular weight excluding hydrogens is 382 g/mol. The van der Waals surface area contributed by atoms with Gasteiger partial charge in [0.25, 0.3) is 5.91 Å². The number of nitrogens with zero attached hydrogens (tertiary/aromatic N) is 4. The van der Waals surface area contributed by atoms with Gasteiger partial charge in [-0.1, -0.05) is 11.6 Å². The second kappa shape index (κ2) is 8.61. The molecule has 30 heavy (non-hydrogen) atoms. The molecule has 3 rings (SSSR count). The van der Waals surface area contributed by atoms with Crippen LogP contribution in [0, 0.1) is 6.92 Å². The van der Waals surface area contributed by atoms with Gasteiger partial charge in [0.2, 0.25) is 0 Å². The number of carbonyl (C=O) groups excluding carboxylic acids is 2. The van der Waals surface area contributed by atoms with Crippen molar-refractivity contribution in [3.63, 3.8) is 0 Å². The number of nitrogens with one attached hydrogen (secondary N) is 1. The van der Waals surface area contributed by atoms with E-state index in [9.17, 15) is 9.59 Å². The number of allylic oxidation sites excluding steroid dienone is 3. The van der Waals surface area contributed by atoms with Crippen LogP contribution in [0.5, 0.6) is 6.01 Å². The van der Waals surface area contributed by atoms with Gasteiger partial charge in [0.1, 0.15) is 5.69 Å². The van der Waals surface area contributed by atoms with E-state index in [4.69, 9.17) is 4.74 Å². The van der Waals surface area contributed by atoms with Crippen LogP contribution in [0.4, 0.5) is 0 Å². The molecule has 1 N–H and O–H groups in total. The molecule has 8 nitrogen and oxygen atoms in total. The van der Waals surface area contributed by atoms with E-state index < -0.39 is 0 Å². The smallest absolute Gasteiger partial charge is 0.318 e. The van der Waals surface area contributed by atoms with Crippen LogP contribution in [0.15, 0.2) is 35.1 Å². The van der Waals surface area contributed by atoms with Crippen LogP contribution in [-0.4, -0.2) is 44.1 Å². The third-order valence-electron chi connectivity index (χ3n) is 4.89. The summed E-state index contributed by atoms with van der Waals surface area (Å²) in [6.07, 6.45) is 3.88. The van der Waals surface area contributed by atoms with Crippen molar-refractivity contribution in [2.75, 3.05) is 6.54 Å². The van der Waals surface area contributed by atoms with Crippen molar-refractivity contribution in [1.29, 1.82) is 0 Å². The van der Waals surface area contributed by atoms with Gasteiger partial charge in [0.15, 0.2) is 5.78 Å². The Morgan fingerprint density at radius 3 is 2.60 bits per heavy atom. The Labute approximate surface area is 176 Å². The van der Waals surface area contributed by atoms with E-state index in [2.05, 4.69) is 20.4 Å². The van der Waals surface area contributed by atoms with Crippen LogP contribution >= 0.6 is 0 Å². The first-order valence-corrected chi connectivity index (χ1v) is 9.89. The van der Waals surface area contributed by atoms with Gasteiger partial charge in [0, 0.05) is 37.3 Å². The Balaban J connectivity index is 1.94. The number of hydrogen-bond acceptors (Lipinski definition) is 6. The van der Waals surface area contributed by atoms with E-state index in [0.717, 1.165) is 16.8 Å². The fourth-order valence-electron chi connectivity index (χ4n) is 3.41. The number of ether oxygens (including phenoxy) is 1. The van der Waals surface area contributed by atoms with Gasteiger partial charge < -0.3 is 10.1 Å². The zero-order chi connectivity index (χ0) is 22.0. The molecule has 8 heteroatoms. The lowest BCUT2D eigenvalue weighted by Crippen LogP contribution is -2.31. The third kappa shape index (κ3) is 4.48. The van der Waals surface area contributed by atoms with Crippen LogP contribution in [0.1, 0.15) is 50.2 Å². The van der Waals surface area contributed by atoms with Crippen molar-refractivity contribution in [1.82, 2.24) is 25.1 Å². The molecule has 2 heterocycles. The van der Waals surface area contributed by atoms with Gasteiger partial charge in [-0.25, -0.2) is 0 Å². The molecule has 158 valence electrons. The third-order valence-corrected chi connectivity index (χ3v) is 4.89. The van der Waals surface area contributed by atoms with Crippen molar-refractivity contribution in [3.8, 4) is 17.4 Å². The van der Waals surface area contributed by atoms with Gasteiger partial charge in [-0.3, -0.25) is 14.3 Å². The molecule has 1 amide bonds. The van der Waals surface area contributed by atoms with Crippen molar-refractivity contribution in [3.05, 3.63) is 46.3 Å². The largest absolute Gasteiger partial charge is 0.461 e. The van der Waals surface area contributed by atoms with E-state index in [1.165, 1.54) is 0 Å². The molecule has 0 saturated carbocycles. The Hall–Kier alpha value is -3.29. The van der Waals surface area contributed by atoms with Crippen LogP contribution in [0.25, 0.3) is 11.4 Å². The van der Waals surface area contributed by atoms with E-state index >= 15 is 0 Å². The molecule has 0 atom stereocenters. The molecule has 0 saturated heterocycles. The molecule has 0 radical (unpaired) electrons. The van der Waals surface area contributed by atoms with E-state index in [-0.39, 0.29) is 36.0 Å². The number of ketones is 1. The minimum absolute atomic E-state index is 0.0339. The molecule has 1 aliphatic carbocycles. The van der Waals surface area contributed by atoms with Crippen LogP contribution in [-0.2, 0) is 11.8 Å². The zero-order valence-electron chi connectivity index (χ0n) is 18.2. The molecule has 2 aromatic heterocycles. The summed E-state index contributed by atoms with van der Waals surface area (Å²) in [4.78, 5) is 34.2. The molecule has 1 aliphatic rings. The van der Waals surface area contributed by atoms with Crippen LogP contribution in [0.2, 0.25) is 0 Å². The number of aryl methyl sites for hydroxylation is 1. The van der Waals surface area contributed by atoms with E-state index in [0.29, 0.717) is 23.3 Å². The summed E-state index contributed by atoms with van der Waals surface area (Å²) in [6.45, 7) is 9.49. The van der Waals surface area contributed by atoms with Gasteiger partial charge in [0.05, 0.1) is 17.5 Å². The Morgan fingerprint density at radius 2 is 2.00 bits per heavy atom. The van der Waals surface area contributed by atoms with Gasteiger partial charge >= 0.3 is 6.01 Å². The zero-order valence-corrected chi connectivity index (χ0v) is 18.2. The Bertz CT molecular complexity index is 1060. The summed E-state index contributed by atoms with van der Waals surface area (Å²) >= 11 is 0. The summed E-state index contributed by atoms with van der Waals surface area (Å²) in [7, 11) is 1.80. The summed E-state index contributed by atoms with van der Waals surface area (Å²) in [5.74, 6) is -0.349.